The molecule has 0 saturated heterocycles. The van der Waals surface area contributed by atoms with E-state index in [0.29, 0.717) is 11.9 Å². The van der Waals surface area contributed by atoms with E-state index < -0.39 is 0 Å². The third-order valence-electron chi connectivity index (χ3n) is 11.1. The molecule has 0 spiro atoms. The van der Waals surface area contributed by atoms with E-state index in [1.54, 1.807) is 0 Å². The Hall–Kier alpha value is -7.00. The van der Waals surface area contributed by atoms with Crippen LogP contribution >= 0.6 is 0 Å². The second-order valence-corrected chi connectivity index (χ2v) is 13.9. The minimum atomic E-state index is 0.636. The summed E-state index contributed by atoms with van der Waals surface area (Å²) in [5, 5.41) is 7.13. The molecule has 0 saturated carbocycles. The number of hydrogen-bond acceptors (Lipinski definition) is 4. The predicted octanol–water partition coefficient (Wildman–Crippen LogP) is 9.81. The van der Waals surface area contributed by atoms with E-state index in [1.165, 1.54) is 43.4 Å². The van der Waals surface area contributed by atoms with Gasteiger partial charge in [-0.3, -0.25) is 18.3 Å². The smallest absolute Gasteiger partial charge is 0.235 e. The van der Waals surface area contributed by atoms with Gasteiger partial charge in [0.1, 0.15) is 22.9 Å². The highest BCUT2D eigenvalue weighted by molar-refractivity contribution is 6.23. The molecule has 9 nitrogen and oxygen atoms in total. The molecule has 0 aliphatic rings. The first-order valence-corrected chi connectivity index (χ1v) is 18.5. The van der Waals surface area contributed by atoms with Gasteiger partial charge in [-0.15, -0.1) is 0 Å². The van der Waals surface area contributed by atoms with E-state index in [4.69, 9.17) is 19.9 Å². The van der Waals surface area contributed by atoms with E-state index >= 15 is 0 Å². The number of aryl methyl sites for hydroxylation is 2. The molecule has 11 aromatic rings. The lowest BCUT2D eigenvalue weighted by atomic mass is 10.1. The highest BCUT2D eigenvalue weighted by Gasteiger charge is 2.27. The van der Waals surface area contributed by atoms with Gasteiger partial charge in [0.15, 0.2) is 0 Å². The quantitative estimate of drug-likeness (QED) is 0.173. The summed E-state index contributed by atoms with van der Waals surface area (Å²) >= 11 is 0. The minimum absolute atomic E-state index is 0.636. The lowest BCUT2D eigenvalue weighted by molar-refractivity contribution is 0.817. The summed E-state index contributed by atoms with van der Waals surface area (Å²) in [6, 6.07) is 39.1. The second kappa shape index (κ2) is 11.5. The Bertz CT molecular complexity index is 3030. The molecule has 0 aliphatic heterocycles. The van der Waals surface area contributed by atoms with Crippen molar-refractivity contribution < 1.29 is 0 Å². The van der Waals surface area contributed by atoms with E-state index in [1.807, 2.05) is 36.9 Å². The van der Waals surface area contributed by atoms with Crippen LogP contribution in [0.15, 0.2) is 134 Å². The summed E-state index contributed by atoms with van der Waals surface area (Å²) in [5.41, 5.74) is 9.03. The Balaban J connectivity index is 1.27. The van der Waals surface area contributed by atoms with Gasteiger partial charge in [0.25, 0.3) is 0 Å². The SMILES string of the molecule is CCc1ccc2c(c1)c1c3ccccc3n(-c3ccc(-n4c5ccccc5c5c6cc(CC)ccc6n(-c6ncccn6)c54)n3C)c1n2-c1ncccn1. The summed E-state index contributed by atoms with van der Waals surface area (Å²) in [7, 11) is 2.16. The second-order valence-electron chi connectivity index (χ2n) is 13.9. The summed E-state index contributed by atoms with van der Waals surface area (Å²) in [4.78, 5) is 19.2. The summed E-state index contributed by atoms with van der Waals surface area (Å²) < 4.78 is 11.5. The molecule has 0 unspecified atom stereocenters. The molecule has 0 aliphatic carbocycles. The van der Waals surface area contributed by atoms with Crippen molar-refractivity contribution in [3.8, 4) is 23.5 Å². The summed E-state index contributed by atoms with van der Waals surface area (Å²) in [6.07, 6.45) is 9.16. The van der Waals surface area contributed by atoms with Gasteiger partial charge in [0.05, 0.1) is 22.1 Å². The first kappa shape index (κ1) is 30.6. The maximum atomic E-state index is 4.79. The van der Waals surface area contributed by atoms with Crippen LogP contribution in [0, 0.1) is 0 Å². The lowest BCUT2D eigenvalue weighted by Crippen LogP contribution is -2.11. The third-order valence-corrected chi connectivity index (χ3v) is 11.1. The number of nitrogens with zero attached hydrogens (tertiary/aromatic N) is 9. The van der Waals surface area contributed by atoms with Crippen molar-refractivity contribution in [2.24, 2.45) is 7.05 Å². The molecule has 0 atom stereocenters. The minimum Gasteiger partial charge on any atom is -0.316 e. The van der Waals surface area contributed by atoms with Gasteiger partial charge in [-0.1, -0.05) is 62.4 Å². The number of rotatable bonds is 6. The number of hydrogen-bond donors (Lipinski definition) is 0. The molecule has 0 radical (unpaired) electrons. The molecular formula is C45H35N9. The fraction of sp³-hybridized carbons (Fsp3) is 0.111. The van der Waals surface area contributed by atoms with Crippen LogP contribution in [-0.2, 0) is 19.9 Å². The van der Waals surface area contributed by atoms with Crippen LogP contribution in [0.5, 0.6) is 0 Å². The van der Waals surface area contributed by atoms with Crippen molar-refractivity contribution in [2.45, 2.75) is 26.7 Å². The Kier molecular flexibility index (Phi) is 6.52. The van der Waals surface area contributed by atoms with E-state index in [0.717, 1.165) is 57.8 Å². The van der Waals surface area contributed by atoms with Crippen LogP contribution < -0.4 is 0 Å². The predicted molar refractivity (Wildman–Crippen MR) is 218 cm³/mol. The molecule has 0 fully saturated rings. The van der Waals surface area contributed by atoms with Crippen molar-refractivity contribution in [3.05, 3.63) is 145 Å². The topological polar surface area (TPSA) is 76.2 Å². The van der Waals surface area contributed by atoms with Crippen LogP contribution in [0.25, 0.3) is 89.2 Å². The monoisotopic (exact) mass is 701 g/mol. The van der Waals surface area contributed by atoms with Crippen molar-refractivity contribution in [1.82, 2.24) is 42.8 Å². The van der Waals surface area contributed by atoms with Crippen molar-refractivity contribution in [3.63, 3.8) is 0 Å². The Labute approximate surface area is 310 Å². The van der Waals surface area contributed by atoms with Crippen molar-refractivity contribution in [2.75, 3.05) is 0 Å². The maximum absolute atomic E-state index is 4.79. The Morgan fingerprint density at radius 1 is 0.426 bits per heavy atom. The zero-order valence-corrected chi connectivity index (χ0v) is 30.1. The maximum Gasteiger partial charge on any atom is 0.235 e. The molecule has 260 valence electrons. The third kappa shape index (κ3) is 4.09. The molecule has 54 heavy (non-hydrogen) atoms. The average Bonchev–Trinajstić information content (AvgIpc) is 4.01. The van der Waals surface area contributed by atoms with Crippen LogP contribution in [0.2, 0.25) is 0 Å². The zero-order chi connectivity index (χ0) is 36.1. The number of para-hydroxylation sites is 2. The van der Waals surface area contributed by atoms with Gasteiger partial charge >= 0.3 is 0 Å². The fourth-order valence-electron chi connectivity index (χ4n) is 8.65. The summed E-state index contributed by atoms with van der Waals surface area (Å²) in [5.74, 6) is 3.31. The first-order chi connectivity index (χ1) is 26.7. The molecule has 4 aromatic carbocycles. The standard InChI is InChI=1S/C45H35N9/c1-4-28-16-18-36-32(26-28)40-30-12-6-8-14-34(30)51(42(40)53(36)44-46-22-10-23-47-44)38-20-21-39(50(38)3)52-35-15-9-7-13-31(35)41-33-27-29(5-2)17-19-37(33)54(43(41)52)45-48-24-11-25-49-45/h6-27H,4-5H2,1-3H3. The highest BCUT2D eigenvalue weighted by atomic mass is 15.3. The van der Waals surface area contributed by atoms with Crippen LogP contribution in [0.1, 0.15) is 25.0 Å². The van der Waals surface area contributed by atoms with E-state index in [2.05, 4.69) is 141 Å². The van der Waals surface area contributed by atoms with Crippen LogP contribution in [0.3, 0.4) is 0 Å². The van der Waals surface area contributed by atoms with Gasteiger partial charge in [0.2, 0.25) is 11.9 Å². The van der Waals surface area contributed by atoms with E-state index in [9.17, 15) is 0 Å². The van der Waals surface area contributed by atoms with Gasteiger partial charge in [-0.2, -0.15) is 0 Å². The molecule has 0 bridgehead atoms. The van der Waals surface area contributed by atoms with Crippen LogP contribution in [-0.4, -0.2) is 42.8 Å². The van der Waals surface area contributed by atoms with Crippen molar-refractivity contribution in [1.29, 1.82) is 0 Å². The number of benzene rings is 4. The number of fused-ring (bicyclic) bond motifs is 10. The molecular weight excluding hydrogens is 667 g/mol. The lowest BCUT2D eigenvalue weighted by Gasteiger charge is -2.16. The largest absolute Gasteiger partial charge is 0.316 e. The Morgan fingerprint density at radius 3 is 1.26 bits per heavy atom. The van der Waals surface area contributed by atoms with Crippen molar-refractivity contribution >= 4 is 65.7 Å². The number of aromatic nitrogens is 9. The first-order valence-electron chi connectivity index (χ1n) is 18.5. The van der Waals surface area contributed by atoms with Gasteiger partial charge in [0, 0.05) is 64.2 Å². The molecule has 11 rings (SSSR count). The molecule has 7 aromatic heterocycles. The van der Waals surface area contributed by atoms with Gasteiger partial charge in [-0.05, 0) is 84.6 Å². The van der Waals surface area contributed by atoms with Gasteiger partial charge < -0.3 is 4.57 Å². The van der Waals surface area contributed by atoms with Gasteiger partial charge in [-0.25, -0.2) is 19.9 Å². The normalized spacial score (nSPS) is 12.1. The molecule has 9 heteroatoms. The van der Waals surface area contributed by atoms with Crippen LogP contribution in [0.4, 0.5) is 0 Å². The van der Waals surface area contributed by atoms with E-state index in [-0.39, 0.29) is 0 Å². The fourth-order valence-corrected chi connectivity index (χ4v) is 8.65. The molecule has 0 amide bonds. The molecule has 7 heterocycles. The zero-order valence-electron chi connectivity index (χ0n) is 30.1. The highest BCUT2D eigenvalue weighted by Crippen LogP contribution is 2.43. The summed E-state index contributed by atoms with van der Waals surface area (Å²) in [6.45, 7) is 4.41. The average molecular weight is 702 g/mol. The molecule has 0 N–H and O–H groups in total. The Morgan fingerprint density at radius 2 is 0.833 bits per heavy atom.